The van der Waals surface area contributed by atoms with E-state index in [1.54, 1.807) is 0 Å². The van der Waals surface area contributed by atoms with Crippen LogP contribution in [0.5, 0.6) is 0 Å². The zero-order chi connectivity index (χ0) is 27.9. The Kier molecular flexibility index (Phi) is 8.84. The molecule has 0 aliphatic heterocycles. The minimum absolute atomic E-state index is 0.255. The first-order valence-corrected chi connectivity index (χ1v) is 14.5. The van der Waals surface area contributed by atoms with Gasteiger partial charge in [-0.3, -0.25) is 9.36 Å². The second-order valence-corrected chi connectivity index (χ2v) is 11.4. The largest absolute Gasteiger partial charge is 0.252 e. The molecular formula is C34H40N6. The molecule has 3 aromatic carbocycles. The summed E-state index contributed by atoms with van der Waals surface area (Å²) in [7, 11) is 0. The van der Waals surface area contributed by atoms with Gasteiger partial charge >= 0.3 is 0 Å². The summed E-state index contributed by atoms with van der Waals surface area (Å²) < 4.78 is 3.95. The van der Waals surface area contributed by atoms with E-state index in [0.717, 1.165) is 37.3 Å². The Labute approximate surface area is 238 Å². The van der Waals surface area contributed by atoms with Crippen molar-refractivity contribution in [3.63, 3.8) is 0 Å². The fraction of sp³-hybridized carbons (Fsp3) is 0.353. The predicted octanol–water partition coefficient (Wildman–Crippen LogP) is 6.93. The van der Waals surface area contributed by atoms with Gasteiger partial charge in [-0.05, 0) is 46.9 Å². The maximum absolute atomic E-state index is 4.53. The lowest BCUT2D eigenvalue weighted by Gasteiger charge is -2.18. The lowest BCUT2D eigenvalue weighted by Crippen LogP contribution is -2.09. The van der Waals surface area contributed by atoms with Crippen LogP contribution in [-0.4, -0.2) is 30.0 Å². The van der Waals surface area contributed by atoms with Crippen molar-refractivity contribution in [1.82, 2.24) is 30.0 Å². The van der Waals surface area contributed by atoms with E-state index in [-0.39, 0.29) is 11.8 Å². The molecule has 0 saturated carbocycles. The van der Waals surface area contributed by atoms with Gasteiger partial charge in [-0.1, -0.05) is 123 Å². The maximum atomic E-state index is 4.53. The van der Waals surface area contributed by atoms with Crippen LogP contribution in [0.25, 0.3) is 0 Å². The molecule has 0 aliphatic rings. The van der Waals surface area contributed by atoms with Crippen LogP contribution in [-0.2, 0) is 25.9 Å². The second kappa shape index (κ2) is 12.9. The highest BCUT2D eigenvalue weighted by Crippen LogP contribution is 2.31. The van der Waals surface area contributed by atoms with Crippen LogP contribution in [0.2, 0.25) is 0 Å². The molecule has 2 heterocycles. The van der Waals surface area contributed by atoms with Gasteiger partial charge in [-0.15, -0.1) is 10.2 Å². The zero-order valence-corrected chi connectivity index (χ0v) is 24.1. The standard InChI is InChI=1S/C34H40N6/c1-25(2)33(29-11-7-5-8-12-29)31-23-39(37-35-31)21-19-27-15-17-28(18-16-27)20-22-40-24-32(36-38-40)34(26(3)4)30-13-9-6-10-14-30/h5-18,23-26,33-34H,19-22H2,1-4H3. The third kappa shape index (κ3) is 6.74. The summed E-state index contributed by atoms with van der Waals surface area (Å²) in [5.74, 6) is 1.41. The van der Waals surface area contributed by atoms with Crippen LogP contribution < -0.4 is 0 Å². The average molecular weight is 533 g/mol. The number of benzene rings is 3. The molecule has 0 bridgehead atoms. The molecule has 0 radical (unpaired) electrons. The second-order valence-electron chi connectivity index (χ2n) is 11.4. The van der Waals surface area contributed by atoms with Crippen molar-refractivity contribution in [2.24, 2.45) is 11.8 Å². The first-order valence-electron chi connectivity index (χ1n) is 14.5. The Morgan fingerprint density at radius 3 is 1.25 bits per heavy atom. The summed E-state index contributed by atoms with van der Waals surface area (Å²) in [6.07, 6.45) is 6.06. The fourth-order valence-corrected chi connectivity index (χ4v) is 5.61. The predicted molar refractivity (Wildman–Crippen MR) is 160 cm³/mol. The van der Waals surface area contributed by atoms with Gasteiger partial charge in [0.05, 0.1) is 11.4 Å². The van der Waals surface area contributed by atoms with E-state index in [9.17, 15) is 0 Å². The maximum Gasteiger partial charge on any atom is 0.0904 e. The first kappa shape index (κ1) is 27.5. The molecule has 206 valence electrons. The van der Waals surface area contributed by atoms with Gasteiger partial charge in [0.25, 0.3) is 0 Å². The molecule has 0 N–H and O–H groups in total. The molecule has 2 unspecified atom stereocenters. The molecule has 0 spiro atoms. The molecule has 0 fully saturated rings. The molecular weight excluding hydrogens is 492 g/mol. The number of hydrogen-bond donors (Lipinski definition) is 0. The van der Waals surface area contributed by atoms with Crippen molar-refractivity contribution in [3.8, 4) is 0 Å². The first-order chi connectivity index (χ1) is 19.5. The Balaban J connectivity index is 1.15. The van der Waals surface area contributed by atoms with Crippen LogP contribution in [0, 0.1) is 11.8 Å². The molecule has 5 rings (SSSR count). The topological polar surface area (TPSA) is 61.4 Å². The van der Waals surface area contributed by atoms with Crippen LogP contribution in [0.15, 0.2) is 97.3 Å². The van der Waals surface area contributed by atoms with Gasteiger partial charge in [-0.2, -0.15) is 0 Å². The minimum atomic E-state index is 0.255. The monoisotopic (exact) mass is 532 g/mol. The fourth-order valence-electron chi connectivity index (χ4n) is 5.61. The van der Waals surface area contributed by atoms with E-state index in [1.165, 1.54) is 22.3 Å². The quantitative estimate of drug-likeness (QED) is 0.175. The van der Waals surface area contributed by atoms with Crippen LogP contribution in [0.3, 0.4) is 0 Å². The smallest absolute Gasteiger partial charge is 0.0904 e. The summed E-state index contributed by atoms with van der Waals surface area (Å²) in [6.45, 7) is 10.6. The van der Waals surface area contributed by atoms with Gasteiger partial charge in [-0.25, -0.2) is 0 Å². The minimum Gasteiger partial charge on any atom is -0.252 e. The van der Waals surface area contributed by atoms with Crippen LogP contribution >= 0.6 is 0 Å². The Hall–Kier alpha value is -4.06. The molecule has 2 aromatic heterocycles. The number of aryl methyl sites for hydroxylation is 4. The number of nitrogens with zero attached hydrogens (tertiary/aromatic N) is 6. The molecule has 6 nitrogen and oxygen atoms in total. The van der Waals surface area contributed by atoms with E-state index in [2.05, 4.69) is 146 Å². The lowest BCUT2D eigenvalue weighted by atomic mass is 9.86. The van der Waals surface area contributed by atoms with Crippen LogP contribution in [0.4, 0.5) is 0 Å². The van der Waals surface area contributed by atoms with Gasteiger partial charge in [0.15, 0.2) is 0 Å². The van der Waals surface area contributed by atoms with Crippen molar-refractivity contribution in [2.75, 3.05) is 0 Å². The molecule has 0 amide bonds. The Bertz CT molecular complexity index is 1340. The highest BCUT2D eigenvalue weighted by Gasteiger charge is 2.22. The molecule has 6 heteroatoms. The van der Waals surface area contributed by atoms with Crippen LogP contribution in [0.1, 0.15) is 73.2 Å². The van der Waals surface area contributed by atoms with Gasteiger partial charge in [0.2, 0.25) is 0 Å². The van der Waals surface area contributed by atoms with Crippen molar-refractivity contribution < 1.29 is 0 Å². The van der Waals surface area contributed by atoms with E-state index in [4.69, 9.17) is 0 Å². The SMILES string of the molecule is CC(C)C(c1ccccc1)c1cn(CCc2ccc(CCn3cc(C(c4ccccc4)C(C)C)nn3)cc2)nn1. The third-order valence-electron chi connectivity index (χ3n) is 7.68. The average Bonchev–Trinajstić information content (AvgIpc) is 3.62. The van der Waals surface area contributed by atoms with Crippen molar-refractivity contribution in [2.45, 2.75) is 65.5 Å². The summed E-state index contributed by atoms with van der Waals surface area (Å²) >= 11 is 0. The van der Waals surface area contributed by atoms with E-state index in [1.807, 2.05) is 9.36 Å². The van der Waals surface area contributed by atoms with Crippen molar-refractivity contribution in [1.29, 1.82) is 0 Å². The Morgan fingerprint density at radius 2 is 0.900 bits per heavy atom. The summed E-state index contributed by atoms with van der Waals surface area (Å²) in [6, 6.07) is 30.1. The number of aromatic nitrogens is 6. The third-order valence-corrected chi connectivity index (χ3v) is 7.68. The van der Waals surface area contributed by atoms with E-state index >= 15 is 0 Å². The molecule has 0 saturated heterocycles. The Morgan fingerprint density at radius 1 is 0.525 bits per heavy atom. The molecule has 2 atom stereocenters. The van der Waals surface area contributed by atoms with E-state index < -0.39 is 0 Å². The van der Waals surface area contributed by atoms with Gasteiger partial charge in [0.1, 0.15) is 0 Å². The summed E-state index contributed by atoms with van der Waals surface area (Å²) in [5, 5.41) is 17.9. The molecule has 40 heavy (non-hydrogen) atoms. The number of hydrogen-bond acceptors (Lipinski definition) is 4. The normalized spacial score (nSPS) is 13.2. The van der Waals surface area contributed by atoms with Gasteiger partial charge < -0.3 is 0 Å². The van der Waals surface area contributed by atoms with Gasteiger partial charge in [0, 0.05) is 37.3 Å². The highest BCUT2D eigenvalue weighted by atomic mass is 15.4. The molecule has 0 aliphatic carbocycles. The summed E-state index contributed by atoms with van der Waals surface area (Å²) in [4.78, 5) is 0. The highest BCUT2D eigenvalue weighted by molar-refractivity contribution is 5.29. The number of rotatable bonds is 12. The van der Waals surface area contributed by atoms with Crippen molar-refractivity contribution >= 4 is 0 Å². The zero-order valence-electron chi connectivity index (χ0n) is 24.1. The van der Waals surface area contributed by atoms with E-state index in [0.29, 0.717) is 11.8 Å². The molecule has 5 aromatic rings. The lowest BCUT2D eigenvalue weighted by molar-refractivity contribution is 0.550. The summed E-state index contributed by atoms with van der Waals surface area (Å²) in [5.41, 5.74) is 7.26. The van der Waals surface area contributed by atoms with Crippen molar-refractivity contribution in [3.05, 3.63) is 131 Å².